The molecule has 0 spiro atoms. The van der Waals surface area contributed by atoms with Crippen LogP contribution in [0.3, 0.4) is 0 Å². The molecule has 0 bridgehead atoms. The van der Waals surface area contributed by atoms with E-state index in [1.54, 1.807) is 0 Å². The minimum Gasteiger partial charge on any atom is -0.455 e. The number of furan rings is 2. The van der Waals surface area contributed by atoms with Gasteiger partial charge in [-0.25, -0.2) is 0 Å². The number of fused-ring (bicyclic) bond motifs is 10. The fourth-order valence-electron chi connectivity index (χ4n) is 10.6. The second kappa shape index (κ2) is 13.8. The van der Waals surface area contributed by atoms with E-state index in [1.165, 1.54) is 55.8 Å². The van der Waals surface area contributed by atoms with Gasteiger partial charge in [-0.1, -0.05) is 165 Å². The summed E-state index contributed by atoms with van der Waals surface area (Å²) in [4.78, 5) is 5.07. The highest BCUT2D eigenvalue weighted by molar-refractivity contribution is 7.00. The fourth-order valence-corrected chi connectivity index (χ4v) is 10.6. The second-order valence-corrected chi connectivity index (χ2v) is 21.4. The molecule has 5 heteroatoms. The minimum atomic E-state index is -0.150. The topological polar surface area (TPSA) is 32.8 Å². The average Bonchev–Trinajstić information content (AvgIpc) is 3.87. The highest BCUT2D eigenvalue weighted by Gasteiger charge is 2.45. The van der Waals surface area contributed by atoms with Crippen LogP contribution in [-0.2, 0) is 16.2 Å². The molecule has 8 aromatic carbocycles. The SMILES string of the molecule is CC(C)(C)c1ccc2c(c1)B1c3ccc(C(C)(C)C)cc3N(c3cccc4c3oc3ccccc34)c3cc(C(C)(C)C)cc(c31)N2c1ccc(-c2cccc3c2oc2ccccc23)cc1. The highest BCUT2D eigenvalue weighted by Crippen LogP contribution is 2.49. The average molecular weight is 845 g/mol. The summed E-state index contributed by atoms with van der Waals surface area (Å²) in [5, 5.41) is 4.52. The van der Waals surface area contributed by atoms with Crippen molar-refractivity contribution in [3.05, 3.63) is 174 Å². The predicted molar refractivity (Wildman–Crippen MR) is 277 cm³/mol. The Hall–Kier alpha value is -6.98. The van der Waals surface area contributed by atoms with E-state index in [0.717, 1.165) is 66.4 Å². The predicted octanol–water partition coefficient (Wildman–Crippen LogP) is 15.1. The van der Waals surface area contributed by atoms with Crippen LogP contribution in [0.1, 0.15) is 79.0 Å². The van der Waals surface area contributed by atoms with Crippen molar-refractivity contribution >= 4 is 101 Å². The van der Waals surface area contributed by atoms with Gasteiger partial charge in [-0.3, -0.25) is 0 Å². The summed E-state index contributed by atoms with van der Waals surface area (Å²) >= 11 is 0. The number of hydrogen-bond acceptors (Lipinski definition) is 4. The van der Waals surface area contributed by atoms with E-state index in [-0.39, 0.29) is 23.0 Å². The first kappa shape index (κ1) is 39.6. The Morgan fingerprint density at radius 2 is 0.923 bits per heavy atom. The molecule has 0 saturated heterocycles. The van der Waals surface area contributed by atoms with Gasteiger partial charge in [-0.2, -0.15) is 0 Å². The fraction of sp³-hybridized carbons (Fsp3) is 0.200. The monoisotopic (exact) mass is 844 g/mol. The number of nitrogens with zero attached hydrogens (tertiary/aromatic N) is 2. The summed E-state index contributed by atoms with van der Waals surface area (Å²) in [6.45, 7) is 20.9. The van der Waals surface area contributed by atoms with Crippen molar-refractivity contribution in [2.45, 2.75) is 78.6 Å². The number of anilines is 6. The molecule has 0 atom stereocenters. The Morgan fingerprint density at radius 3 is 1.58 bits per heavy atom. The van der Waals surface area contributed by atoms with Crippen molar-refractivity contribution < 1.29 is 8.83 Å². The first-order chi connectivity index (χ1) is 31.1. The molecular formula is C60H53BN2O2. The Balaban J connectivity index is 1.14. The van der Waals surface area contributed by atoms with Crippen molar-refractivity contribution in [3.63, 3.8) is 0 Å². The number of benzene rings is 8. The molecule has 4 nitrogen and oxygen atoms in total. The molecule has 4 heterocycles. The summed E-state index contributed by atoms with van der Waals surface area (Å²) in [5.74, 6) is 0. The van der Waals surface area contributed by atoms with Crippen LogP contribution in [0.15, 0.2) is 167 Å². The highest BCUT2D eigenvalue weighted by atomic mass is 16.3. The molecule has 12 rings (SSSR count). The standard InChI is InChI=1S/C60H53BN2O2/c1-58(2,3)37-27-31-48-47(32-37)61-46-30-26-38(59(4,5)6)33-50(46)63(49-21-15-20-45-43-17-11-13-23-54(43)65-57(45)49)52-35-39(60(7,8)9)34-51(55(52)61)62(48)40-28-24-36(25-29-40)41-18-14-19-44-42-16-10-12-22-53(42)64-56(41)44/h10-35H,1-9H3. The number of rotatable bonds is 3. The normalized spacial score (nSPS) is 13.8. The smallest absolute Gasteiger partial charge is 0.252 e. The van der Waals surface area contributed by atoms with Crippen molar-refractivity contribution in [1.82, 2.24) is 0 Å². The van der Waals surface area contributed by atoms with Gasteiger partial charge in [0.15, 0.2) is 5.58 Å². The lowest BCUT2D eigenvalue weighted by molar-refractivity contribution is 0.589. The molecule has 0 amide bonds. The van der Waals surface area contributed by atoms with Gasteiger partial charge in [0.2, 0.25) is 0 Å². The molecule has 2 aliphatic heterocycles. The van der Waals surface area contributed by atoms with Crippen LogP contribution in [-0.4, -0.2) is 6.71 Å². The third kappa shape index (κ3) is 6.04. The van der Waals surface area contributed by atoms with E-state index in [0.29, 0.717) is 0 Å². The summed E-state index contributed by atoms with van der Waals surface area (Å²) in [6, 6.07) is 58.5. The lowest BCUT2D eigenvalue weighted by Gasteiger charge is -2.45. The molecule has 0 unspecified atom stereocenters. The summed E-state index contributed by atoms with van der Waals surface area (Å²) < 4.78 is 13.4. The van der Waals surface area contributed by atoms with E-state index in [2.05, 4.69) is 224 Å². The van der Waals surface area contributed by atoms with Gasteiger partial charge in [0.05, 0.1) is 5.69 Å². The van der Waals surface area contributed by atoms with Gasteiger partial charge >= 0.3 is 0 Å². The van der Waals surface area contributed by atoms with E-state index < -0.39 is 0 Å². The maximum atomic E-state index is 6.89. The van der Waals surface area contributed by atoms with Gasteiger partial charge in [0.1, 0.15) is 16.7 Å². The third-order valence-corrected chi connectivity index (χ3v) is 14.1. The van der Waals surface area contributed by atoms with Crippen LogP contribution in [0.2, 0.25) is 0 Å². The van der Waals surface area contributed by atoms with Gasteiger partial charge in [0, 0.05) is 55.5 Å². The lowest BCUT2D eigenvalue weighted by atomic mass is 9.33. The Morgan fingerprint density at radius 1 is 0.385 bits per heavy atom. The largest absolute Gasteiger partial charge is 0.455 e. The van der Waals surface area contributed by atoms with Crippen molar-refractivity contribution in [3.8, 4) is 11.1 Å². The van der Waals surface area contributed by atoms with E-state index in [4.69, 9.17) is 8.83 Å². The molecule has 0 fully saturated rings. The van der Waals surface area contributed by atoms with Crippen molar-refractivity contribution in [1.29, 1.82) is 0 Å². The molecule has 0 N–H and O–H groups in total. The molecule has 2 aliphatic rings. The molecular weight excluding hydrogens is 791 g/mol. The molecule has 0 aliphatic carbocycles. The Bertz CT molecular complexity index is 3570. The molecule has 318 valence electrons. The van der Waals surface area contributed by atoms with Crippen molar-refractivity contribution in [2.24, 2.45) is 0 Å². The van der Waals surface area contributed by atoms with Crippen LogP contribution in [0.4, 0.5) is 34.1 Å². The summed E-state index contributed by atoms with van der Waals surface area (Å²) in [5.41, 5.74) is 20.3. The first-order valence-corrected chi connectivity index (χ1v) is 23.1. The zero-order chi connectivity index (χ0) is 44.7. The molecule has 0 radical (unpaired) electrons. The van der Waals surface area contributed by atoms with Crippen molar-refractivity contribution in [2.75, 3.05) is 9.80 Å². The summed E-state index contributed by atoms with van der Waals surface area (Å²) in [6.07, 6.45) is 0. The maximum absolute atomic E-state index is 6.89. The van der Waals surface area contributed by atoms with Crippen LogP contribution >= 0.6 is 0 Å². The maximum Gasteiger partial charge on any atom is 0.252 e. The third-order valence-electron chi connectivity index (χ3n) is 14.1. The van der Waals surface area contributed by atoms with Gasteiger partial charge in [-0.15, -0.1) is 0 Å². The Labute approximate surface area is 382 Å². The molecule has 65 heavy (non-hydrogen) atoms. The van der Waals surface area contributed by atoms with Crippen LogP contribution < -0.4 is 26.2 Å². The molecule has 2 aromatic heterocycles. The van der Waals surface area contributed by atoms with Gasteiger partial charge in [-0.05, 0) is 109 Å². The molecule has 0 saturated carbocycles. The van der Waals surface area contributed by atoms with Crippen LogP contribution in [0.25, 0.3) is 55.0 Å². The van der Waals surface area contributed by atoms with E-state index in [1.807, 2.05) is 6.07 Å². The van der Waals surface area contributed by atoms with E-state index in [9.17, 15) is 0 Å². The molecule has 10 aromatic rings. The van der Waals surface area contributed by atoms with E-state index >= 15 is 0 Å². The summed E-state index contributed by atoms with van der Waals surface area (Å²) in [7, 11) is 0. The van der Waals surface area contributed by atoms with Crippen LogP contribution in [0.5, 0.6) is 0 Å². The zero-order valence-electron chi connectivity index (χ0n) is 38.8. The van der Waals surface area contributed by atoms with Gasteiger partial charge in [0.25, 0.3) is 6.71 Å². The zero-order valence-corrected chi connectivity index (χ0v) is 38.8. The minimum absolute atomic E-state index is 0.0114. The first-order valence-electron chi connectivity index (χ1n) is 23.1. The number of hydrogen-bond donors (Lipinski definition) is 0. The van der Waals surface area contributed by atoms with Crippen LogP contribution in [0, 0.1) is 0 Å². The quantitative estimate of drug-likeness (QED) is 0.166. The number of para-hydroxylation sites is 4. The Kier molecular flexibility index (Phi) is 8.39. The second-order valence-electron chi connectivity index (χ2n) is 21.4. The van der Waals surface area contributed by atoms with Gasteiger partial charge < -0.3 is 18.6 Å². The lowest BCUT2D eigenvalue weighted by Crippen LogP contribution is -2.61.